The molecule has 2 aromatic carbocycles. The SMILES string of the molecule is C[C@H]1O[C@H](OCc2ccccc2)[C@H](F)[C@@H](OCc2ccccc2)[C@H]1N. The maximum atomic E-state index is 14.9. The molecule has 2 aromatic rings. The van der Waals surface area contributed by atoms with Crippen molar-refractivity contribution < 1.29 is 18.6 Å². The third-order valence-electron chi connectivity index (χ3n) is 4.39. The van der Waals surface area contributed by atoms with E-state index in [2.05, 4.69) is 0 Å². The molecule has 25 heavy (non-hydrogen) atoms. The highest BCUT2D eigenvalue weighted by Gasteiger charge is 2.44. The van der Waals surface area contributed by atoms with E-state index in [4.69, 9.17) is 19.9 Å². The third-order valence-corrected chi connectivity index (χ3v) is 4.39. The Morgan fingerprint density at radius 2 is 1.44 bits per heavy atom. The fourth-order valence-corrected chi connectivity index (χ4v) is 2.87. The van der Waals surface area contributed by atoms with E-state index in [0.29, 0.717) is 6.61 Å². The maximum absolute atomic E-state index is 14.9. The lowest BCUT2D eigenvalue weighted by molar-refractivity contribution is -0.264. The molecule has 1 aliphatic heterocycles. The fraction of sp³-hybridized carbons (Fsp3) is 0.400. The van der Waals surface area contributed by atoms with Gasteiger partial charge in [-0.2, -0.15) is 0 Å². The number of ether oxygens (including phenoxy) is 3. The molecule has 4 nitrogen and oxygen atoms in total. The predicted molar refractivity (Wildman–Crippen MR) is 93.5 cm³/mol. The van der Waals surface area contributed by atoms with Crippen LogP contribution >= 0.6 is 0 Å². The minimum Gasteiger partial charge on any atom is -0.369 e. The minimum absolute atomic E-state index is 0.277. The zero-order chi connectivity index (χ0) is 17.6. The lowest BCUT2D eigenvalue weighted by Crippen LogP contribution is -2.60. The summed E-state index contributed by atoms with van der Waals surface area (Å²) < 4.78 is 31.9. The lowest BCUT2D eigenvalue weighted by Gasteiger charge is -2.40. The van der Waals surface area contributed by atoms with Gasteiger partial charge in [0.25, 0.3) is 0 Å². The summed E-state index contributed by atoms with van der Waals surface area (Å²) in [7, 11) is 0. The van der Waals surface area contributed by atoms with Crippen LogP contribution in [-0.2, 0) is 27.4 Å². The van der Waals surface area contributed by atoms with Gasteiger partial charge in [-0.05, 0) is 18.1 Å². The normalized spacial score (nSPS) is 29.5. The molecule has 0 aromatic heterocycles. The van der Waals surface area contributed by atoms with Crippen LogP contribution in [0.1, 0.15) is 18.1 Å². The van der Waals surface area contributed by atoms with Crippen LogP contribution in [0, 0.1) is 0 Å². The van der Waals surface area contributed by atoms with Crippen molar-refractivity contribution in [3.8, 4) is 0 Å². The summed E-state index contributed by atoms with van der Waals surface area (Å²) in [6, 6.07) is 18.7. The van der Waals surface area contributed by atoms with Crippen molar-refractivity contribution in [3.63, 3.8) is 0 Å². The van der Waals surface area contributed by atoms with Crippen molar-refractivity contribution in [2.75, 3.05) is 0 Å². The van der Waals surface area contributed by atoms with Gasteiger partial charge in [-0.15, -0.1) is 0 Å². The number of nitrogens with two attached hydrogens (primary N) is 1. The summed E-state index contributed by atoms with van der Waals surface area (Å²) >= 11 is 0. The molecule has 134 valence electrons. The molecular formula is C20H24FNO3. The molecule has 5 heteroatoms. The van der Waals surface area contributed by atoms with E-state index in [1.807, 2.05) is 67.6 Å². The van der Waals surface area contributed by atoms with Crippen LogP contribution in [0.15, 0.2) is 60.7 Å². The van der Waals surface area contributed by atoms with Gasteiger partial charge in [0.1, 0.15) is 6.10 Å². The molecule has 0 saturated carbocycles. The van der Waals surface area contributed by atoms with Crippen LogP contribution in [-0.4, -0.2) is 30.7 Å². The number of benzene rings is 2. The Morgan fingerprint density at radius 1 is 0.920 bits per heavy atom. The highest BCUT2D eigenvalue weighted by atomic mass is 19.1. The smallest absolute Gasteiger partial charge is 0.192 e. The quantitative estimate of drug-likeness (QED) is 0.873. The van der Waals surface area contributed by atoms with Crippen LogP contribution in [0.2, 0.25) is 0 Å². The Hall–Kier alpha value is -1.79. The van der Waals surface area contributed by atoms with Gasteiger partial charge in [-0.3, -0.25) is 0 Å². The van der Waals surface area contributed by atoms with Crippen LogP contribution in [0.3, 0.4) is 0 Å². The average molecular weight is 345 g/mol. The Labute approximate surface area is 147 Å². The maximum Gasteiger partial charge on any atom is 0.192 e. The molecule has 0 radical (unpaired) electrons. The zero-order valence-corrected chi connectivity index (χ0v) is 14.3. The summed E-state index contributed by atoms with van der Waals surface area (Å²) in [5.74, 6) is 0. The minimum atomic E-state index is -1.45. The van der Waals surface area contributed by atoms with Crippen molar-refractivity contribution in [1.82, 2.24) is 0 Å². The molecule has 0 bridgehead atoms. The van der Waals surface area contributed by atoms with Gasteiger partial charge in [0.2, 0.25) is 0 Å². The van der Waals surface area contributed by atoms with E-state index in [1.165, 1.54) is 0 Å². The summed E-state index contributed by atoms with van der Waals surface area (Å²) in [6.07, 6.45) is -3.56. The van der Waals surface area contributed by atoms with Crippen LogP contribution < -0.4 is 5.73 Å². The van der Waals surface area contributed by atoms with Gasteiger partial charge in [0.05, 0.1) is 25.4 Å². The Balaban J connectivity index is 1.61. The topological polar surface area (TPSA) is 53.7 Å². The second-order valence-corrected chi connectivity index (χ2v) is 6.29. The number of alkyl halides is 1. The van der Waals surface area contributed by atoms with Crippen molar-refractivity contribution in [2.24, 2.45) is 5.73 Å². The molecule has 0 aliphatic carbocycles. The Bertz CT molecular complexity index is 640. The first-order valence-corrected chi connectivity index (χ1v) is 8.51. The highest BCUT2D eigenvalue weighted by Crippen LogP contribution is 2.27. The molecule has 2 N–H and O–H groups in total. The monoisotopic (exact) mass is 345 g/mol. The largest absolute Gasteiger partial charge is 0.369 e. The fourth-order valence-electron chi connectivity index (χ4n) is 2.87. The molecule has 1 aliphatic rings. The van der Waals surface area contributed by atoms with Gasteiger partial charge in [0, 0.05) is 0 Å². The standard InChI is InChI=1S/C20H24FNO3/c1-14-18(22)19(23-12-15-8-4-2-5-9-15)17(21)20(25-14)24-13-16-10-6-3-7-11-16/h2-11,14,17-20H,12-13,22H2,1H3/t14-,17-,18+,19-,20+/m1/s1. The first-order valence-electron chi connectivity index (χ1n) is 8.51. The first kappa shape index (κ1) is 18.0. The summed E-state index contributed by atoms with van der Waals surface area (Å²) in [4.78, 5) is 0. The third kappa shape index (κ3) is 4.64. The Morgan fingerprint density at radius 3 is 2.00 bits per heavy atom. The number of hydrogen-bond acceptors (Lipinski definition) is 4. The summed E-state index contributed by atoms with van der Waals surface area (Å²) in [6.45, 7) is 2.39. The van der Waals surface area contributed by atoms with Crippen LogP contribution in [0.5, 0.6) is 0 Å². The second kappa shape index (κ2) is 8.54. The average Bonchev–Trinajstić information content (AvgIpc) is 2.65. The molecule has 3 rings (SSSR count). The van der Waals surface area contributed by atoms with E-state index in [0.717, 1.165) is 11.1 Å². The van der Waals surface area contributed by atoms with Gasteiger partial charge in [0.15, 0.2) is 12.5 Å². The summed E-state index contributed by atoms with van der Waals surface area (Å²) in [5, 5.41) is 0. The van der Waals surface area contributed by atoms with E-state index >= 15 is 0 Å². The first-order chi connectivity index (χ1) is 12.1. The van der Waals surface area contributed by atoms with Crippen molar-refractivity contribution in [2.45, 2.75) is 50.8 Å². The highest BCUT2D eigenvalue weighted by molar-refractivity contribution is 5.14. The van der Waals surface area contributed by atoms with Gasteiger partial charge < -0.3 is 19.9 Å². The molecule has 5 atom stereocenters. The van der Waals surface area contributed by atoms with Crippen molar-refractivity contribution in [1.29, 1.82) is 0 Å². The number of hydrogen-bond donors (Lipinski definition) is 1. The molecule has 0 spiro atoms. The number of halogens is 1. The second-order valence-electron chi connectivity index (χ2n) is 6.29. The van der Waals surface area contributed by atoms with E-state index in [-0.39, 0.29) is 12.7 Å². The molecule has 0 unspecified atom stereocenters. The van der Waals surface area contributed by atoms with Crippen LogP contribution in [0.25, 0.3) is 0 Å². The zero-order valence-electron chi connectivity index (χ0n) is 14.3. The Kier molecular flexibility index (Phi) is 6.15. The predicted octanol–water partition coefficient (Wildman–Crippen LogP) is 3.20. The van der Waals surface area contributed by atoms with Crippen LogP contribution in [0.4, 0.5) is 4.39 Å². The van der Waals surface area contributed by atoms with E-state index in [1.54, 1.807) is 0 Å². The van der Waals surface area contributed by atoms with Crippen molar-refractivity contribution in [3.05, 3.63) is 71.8 Å². The van der Waals surface area contributed by atoms with Gasteiger partial charge >= 0.3 is 0 Å². The molecule has 0 amide bonds. The van der Waals surface area contributed by atoms with Gasteiger partial charge in [-0.1, -0.05) is 60.7 Å². The molecular weight excluding hydrogens is 321 g/mol. The number of rotatable bonds is 6. The summed E-state index contributed by atoms with van der Waals surface area (Å²) in [5.41, 5.74) is 8.04. The molecule has 1 fully saturated rings. The van der Waals surface area contributed by atoms with Crippen molar-refractivity contribution >= 4 is 0 Å². The molecule has 1 heterocycles. The lowest BCUT2D eigenvalue weighted by atomic mass is 9.98. The van der Waals surface area contributed by atoms with E-state index < -0.39 is 24.6 Å². The molecule has 1 saturated heterocycles. The van der Waals surface area contributed by atoms with E-state index in [9.17, 15) is 4.39 Å². The van der Waals surface area contributed by atoms with Gasteiger partial charge in [-0.25, -0.2) is 4.39 Å².